The van der Waals surface area contributed by atoms with E-state index in [0.717, 1.165) is 18.2 Å². The van der Waals surface area contributed by atoms with Crippen molar-refractivity contribution in [1.29, 1.82) is 0 Å². The summed E-state index contributed by atoms with van der Waals surface area (Å²) in [7, 11) is -3.51. The Morgan fingerprint density at radius 3 is 2.63 bits per heavy atom. The Hall–Kier alpha value is -1.40. The van der Waals surface area contributed by atoms with Gasteiger partial charge in [0, 0.05) is 12.5 Å². The average molecular weight is 283 g/mol. The van der Waals surface area contributed by atoms with E-state index in [1.54, 1.807) is 0 Å². The SMILES string of the molecule is CS(=O)(=O)OCN1CC[C@@H](Cc2ccccc2)C1=O. The topological polar surface area (TPSA) is 63.7 Å². The Morgan fingerprint density at radius 2 is 2.00 bits per heavy atom. The van der Waals surface area contributed by atoms with Crippen LogP contribution in [-0.2, 0) is 25.5 Å². The van der Waals surface area contributed by atoms with Crippen LogP contribution >= 0.6 is 0 Å². The predicted octanol–water partition coefficient (Wildman–Crippen LogP) is 1.01. The van der Waals surface area contributed by atoms with Crippen LogP contribution in [0, 0.1) is 5.92 Å². The van der Waals surface area contributed by atoms with Gasteiger partial charge in [-0.25, -0.2) is 4.18 Å². The Labute approximate surface area is 113 Å². The molecule has 0 aromatic heterocycles. The van der Waals surface area contributed by atoms with Crippen LogP contribution in [0.4, 0.5) is 0 Å². The molecule has 1 heterocycles. The Kier molecular flexibility index (Phi) is 4.21. The molecule has 0 radical (unpaired) electrons. The molecule has 1 aliphatic heterocycles. The number of hydrogen-bond acceptors (Lipinski definition) is 4. The molecule has 0 unspecified atom stereocenters. The first kappa shape index (κ1) is 14.0. The van der Waals surface area contributed by atoms with Crippen LogP contribution in [-0.4, -0.2) is 38.8 Å². The highest BCUT2D eigenvalue weighted by Crippen LogP contribution is 2.22. The molecular weight excluding hydrogens is 266 g/mol. The van der Waals surface area contributed by atoms with E-state index in [9.17, 15) is 13.2 Å². The summed E-state index contributed by atoms with van der Waals surface area (Å²) in [6, 6.07) is 9.80. The highest BCUT2D eigenvalue weighted by atomic mass is 32.2. The van der Waals surface area contributed by atoms with Crippen molar-refractivity contribution in [2.45, 2.75) is 12.8 Å². The zero-order chi connectivity index (χ0) is 13.9. The molecule has 1 saturated heterocycles. The summed E-state index contributed by atoms with van der Waals surface area (Å²) < 4.78 is 26.5. The van der Waals surface area contributed by atoms with Gasteiger partial charge in [-0.2, -0.15) is 8.42 Å². The number of rotatable bonds is 5. The van der Waals surface area contributed by atoms with Crippen LogP contribution in [0.2, 0.25) is 0 Å². The zero-order valence-corrected chi connectivity index (χ0v) is 11.6. The minimum Gasteiger partial charge on any atom is -0.318 e. The highest BCUT2D eigenvalue weighted by Gasteiger charge is 2.32. The van der Waals surface area contributed by atoms with Crippen molar-refractivity contribution in [2.75, 3.05) is 19.5 Å². The van der Waals surface area contributed by atoms with Crippen molar-refractivity contribution in [2.24, 2.45) is 5.92 Å². The Balaban J connectivity index is 1.91. The summed E-state index contributed by atoms with van der Waals surface area (Å²) in [6.07, 6.45) is 2.41. The van der Waals surface area contributed by atoms with Crippen LogP contribution in [0.25, 0.3) is 0 Å². The molecule has 1 aromatic carbocycles. The third-order valence-electron chi connectivity index (χ3n) is 3.16. The molecule has 1 amide bonds. The van der Waals surface area contributed by atoms with Gasteiger partial charge in [-0.1, -0.05) is 30.3 Å². The second-order valence-electron chi connectivity index (χ2n) is 4.73. The van der Waals surface area contributed by atoms with E-state index in [4.69, 9.17) is 0 Å². The lowest BCUT2D eigenvalue weighted by Crippen LogP contribution is -2.31. The molecule has 104 valence electrons. The molecule has 1 fully saturated rings. The fourth-order valence-electron chi connectivity index (χ4n) is 2.18. The molecule has 1 aliphatic rings. The monoisotopic (exact) mass is 283 g/mol. The molecule has 19 heavy (non-hydrogen) atoms. The van der Waals surface area contributed by atoms with Gasteiger partial charge in [-0.15, -0.1) is 0 Å². The minimum atomic E-state index is -3.51. The molecular formula is C13H17NO4S. The first-order chi connectivity index (χ1) is 8.96. The number of benzene rings is 1. The molecule has 0 bridgehead atoms. The van der Waals surface area contributed by atoms with Crippen molar-refractivity contribution in [1.82, 2.24) is 4.90 Å². The van der Waals surface area contributed by atoms with Crippen molar-refractivity contribution in [3.8, 4) is 0 Å². The van der Waals surface area contributed by atoms with E-state index < -0.39 is 10.1 Å². The van der Waals surface area contributed by atoms with Crippen LogP contribution in [0.5, 0.6) is 0 Å². The van der Waals surface area contributed by atoms with Crippen LogP contribution in [0.1, 0.15) is 12.0 Å². The first-order valence-electron chi connectivity index (χ1n) is 6.13. The molecule has 1 aromatic rings. The van der Waals surface area contributed by atoms with Gasteiger partial charge in [0.15, 0.2) is 0 Å². The molecule has 0 N–H and O–H groups in total. The van der Waals surface area contributed by atoms with Crippen molar-refractivity contribution in [3.05, 3.63) is 35.9 Å². The van der Waals surface area contributed by atoms with E-state index in [1.807, 2.05) is 30.3 Å². The number of carbonyl (C=O) groups excluding carboxylic acids is 1. The third kappa shape index (κ3) is 4.04. The number of amides is 1. The fourth-order valence-corrected chi connectivity index (χ4v) is 2.50. The number of nitrogens with zero attached hydrogens (tertiary/aromatic N) is 1. The smallest absolute Gasteiger partial charge is 0.266 e. The molecule has 0 spiro atoms. The first-order valence-corrected chi connectivity index (χ1v) is 7.94. The summed E-state index contributed by atoms with van der Waals surface area (Å²) in [6.45, 7) is 0.370. The lowest BCUT2D eigenvalue weighted by molar-refractivity contribution is -0.133. The molecule has 0 saturated carbocycles. The molecule has 5 nitrogen and oxygen atoms in total. The minimum absolute atomic E-state index is 0.0347. The number of likely N-dealkylation sites (tertiary alicyclic amines) is 1. The second-order valence-corrected chi connectivity index (χ2v) is 6.37. The molecule has 0 aliphatic carbocycles. The van der Waals surface area contributed by atoms with Gasteiger partial charge < -0.3 is 4.90 Å². The van der Waals surface area contributed by atoms with E-state index >= 15 is 0 Å². The second kappa shape index (κ2) is 5.71. The van der Waals surface area contributed by atoms with Crippen LogP contribution < -0.4 is 0 Å². The summed E-state index contributed by atoms with van der Waals surface area (Å²) in [5, 5.41) is 0. The van der Waals surface area contributed by atoms with E-state index in [-0.39, 0.29) is 18.6 Å². The summed E-state index contributed by atoms with van der Waals surface area (Å²) in [5.41, 5.74) is 1.12. The number of hydrogen-bond donors (Lipinski definition) is 0. The maximum absolute atomic E-state index is 12.1. The maximum Gasteiger partial charge on any atom is 0.266 e. The Morgan fingerprint density at radius 1 is 1.32 bits per heavy atom. The average Bonchev–Trinajstić information content (AvgIpc) is 2.69. The fraction of sp³-hybridized carbons (Fsp3) is 0.462. The maximum atomic E-state index is 12.1. The predicted molar refractivity (Wildman–Crippen MR) is 70.8 cm³/mol. The quantitative estimate of drug-likeness (QED) is 0.757. The molecule has 2 rings (SSSR count). The van der Waals surface area contributed by atoms with Gasteiger partial charge in [-0.3, -0.25) is 4.79 Å². The van der Waals surface area contributed by atoms with Crippen molar-refractivity contribution in [3.63, 3.8) is 0 Å². The van der Waals surface area contributed by atoms with Crippen LogP contribution in [0.15, 0.2) is 30.3 Å². The van der Waals surface area contributed by atoms with E-state index in [0.29, 0.717) is 13.0 Å². The largest absolute Gasteiger partial charge is 0.318 e. The normalized spacial score (nSPS) is 19.9. The molecule has 1 atom stereocenters. The lowest BCUT2D eigenvalue weighted by Gasteiger charge is -2.15. The number of carbonyl (C=O) groups is 1. The van der Waals surface area contributed by atoms with Gasteiger partial charge >= 0.3 is 0 Å². The summed E-state index contributed by atoms with van der Waals surface area (Å²) in [4.78, 5) is 13.5. The van der Waals surface area contributed by atoms with E-state index in [2.05, 4.69) is 4.18 Å². The van der Waals surface area contributed by atoms with Crippen LogP contribution in [0.3, 0.4) is 0 Å². The van der Waals surface area contributed by atoms with E-state index in [1.165, 1.54) is 4.90 Å². The van der Waals surface area contributed by atoms with Crippen molar-refractivity contribution >= 4 is 16.0 Å². The third-order valence-corrected chi connectivity index (χ3v) is 3.69. The van der Waals surface area contributed by atoms with Gasteiger partial charge in [0.1, 0.15) is 6.73 Å². The zero-order valence-electron chi connectivity index (χ0n) is 10.8. The van der Waals surface area contributed by atoms with Crippen molar-refractivity contribution < 1.29 is 17.4 Å². The summed E-state index contributed by atoms with van der Waals surface area (Å²) >= 11 is 0. The van der Waals surface area contributed by atoms with Gasteiger partial charge in [-0.05, 0) is 18.4 Å². The van der Waals surface area contributed by atoms with Gasteiger partial charge in [0.05, 0.1) is 6.26 Å². The highest BCUT2D eigenvalue weighted by molar-refractivity contribution is 7.85. The van der Waals surface area contributed by atoms with Gasteiger partial charge in [0.2, 0.25) is 5.91 Å². The molecule has 6 heteroatoms. The lowest BCUT2D eigenvalue weighted by atomic mass is 9.98. The summed E-state index contributed by atoms with van der Waals surface area (Å²) in [5.74, 6) is -0.113. The Bertz CT molecular complexity index is 541. The van der Waals surface area contributed by atoms with Gasteiger partial charge in [0.25, 0.3) is 10.1 Å². The standard InChI is InChI=1S/C13H17NO4S/c1-19(16,17)18-10-14-8-7-12(13(14)15)9-11-5-3-2-4-6-11/h2-6,12H,7-10H2,1H3/t12-/m0/s1.